The Bertz CT molecular complexity index is 720. The molecule has 0 saturated heterocycles. The Hall–Kier alpha value is -2.06. The van der Waals surface area contributed by atoms with Gasteiger partial charge in [0.25, 0.3) is 5.69 Å². The van der Waals surface area contributed by atoms with Gasteiger partial charge in [0.15, 0.2) is 0 Å². The highest BCUT2D eigenvalue weighted by molar-refractivity contribution is 7.99. The summed E-state index contributed by atoms with van der Waals surface area (Å²) in [6.45, 7) is 0.358. The molecule has 2 aromatic rings. The highest BCUT2D eigenvalue weighted by Crippen LogP contribution is 2.38. The van der Waals surface area contributed by atoms with Crippen molar-refractivity contribution in [3.05, 3.63) is 63.7 Å². The summed E-state index contributed by atoms with van der Waals surface area (Å²) >= 11 is 0.927. The monoisotopic (exact) mass is 342 g/mol. The quantitative estimate of drug-likeness (QED) is 0.651. The van der Waals surface area contributed by atoms with E-state index in [0.29, 0.717) is 18.5 Å². The smallest absolute Gasteiger partial charge is 0.330 e. The van der Waals surface area contributed by atoms with Crippen LogP contribution < -0.4 is 5.73 Å². The second-order valence-electron chi connectivity index (χ2n) is 4.73. The van der Waals surface area contributed by atoms with Gasteiger partial charge in [-0.05, 0) is 42.8 Å². The summed E-state index contributed by atoms with van der Waals surface area (Å²) < 4.78 is 38.2. The van der Waals surface area contributed by atoms with Crippen molar-refractivity contribution >= 4 is 17.4 Å². The Kier molecular flexibility index (Phi) is 5.27. The summed E-state index contributed by atoms with van der Waals surface area (Å²) in [6.07, 6.45) is -3.96. The Morgan fingerprint density at radius 3 is 2.52 bits per heavy atom. The number of rotatable bonds is 5. The highest BCUT2D eigenvalue weighted by Gasteiger charge is 2.30. The molecule has 0 aliphatic heterocycles. The maximum Gasteiger partial charge on any atom is 0.416 e. The predicted octanol–water partition coefficient (Wildman–Crippen LogP) is 4.27. The predicted molar refractivity (Wildman–Crippen MR) is 81.4 cm³/mol. The van der Waals surface area contributed by atoms with Crippen LogP contribution in [0.2, 0.25) is 0 Å². The van der Waals surface area contributed by atoms with Gasteiger partial charge in [-0.25, -0.2) is 0 Å². The molecule has 0 atom stereocenters. The molecule has 2 aromatic carbocycles. The van der Waals surface area contributed by atoms with E-state index in [9.17, 15) is 23.3 Å². The minimum atomic E-state index is -4.45. The maximum absolute atomic E-state index is 12.7. The zero-order valence-corrected chi connectivity index (χ0v) is 12.7. The van der Waals surface area contributed by atoms with Crippen molar-refractivity contribution < 1.29 is 18.1 Å². The van der Waals surface area contributed by atoms with E-state index in [1.807, 2.05) is 0 Å². The topological polar surface area (TPSA) is 69.2 Å². The molecule has 0 radical (unpaired) electrons. The lowest BCUT2D eigenvalue weighted by Gasteiger charge is -2.09. The molecule has 0 saturated carbocycles. The van der Waals surface area contributed by atoms with Gasteiger partial charge in [-0.1, -0.05) is 23.9 Å². The number of nitrogens with zero attached hydrogens (tertiary/aromatic N) is 1. The molecule has 0 aliphatic rings. The summed E-state index contributed by atoms with van der Waals surface area (Å²) in [5, 5.41) is 11.2. The van der Waals surface area contributed by atoms with Crippen LogP contribution in [0, 0.1) is 10.1 Å². The van der Waals surface area contributed by atoms with E-state index in [0.717, 1.165) is 23.9 Å². The summed E-state index contributed by atoms with van der Waals surface area (Å²) in [5.74, 6) is 0. The fraction of sp³-hybridized carbons (Fsp3) is 0.200. The fourth-order valence-electron chi connectivity index (χ4n) is 1.98. The van der Waals surface area contributed by atoms with E-state index in [2.05, 4.69) is 0 Å². The average molecular weight is 342 g/mol. The van der Waals surface area contributed by atoms with Crippen molar-refractivity contribution in [2.45, 2.75) is 22.4 Å². The van der Waals surface area contributed by atoms with E-state index >= 15 is 0 Å². The Morgan fingerprint density at radius 2 is 1.91 bits per heavy atom. The molecule has 0 aliphatic carbocycles. The Labute approximate surface area is 134 Å². The molecule has 4 nitrogen and oxygen atoms in total. The van der Waals surface area contributed by atoms with Crippen LogP contribution in [0.15, 0.2) is 52.3 Å². The van der Waals surface area contributed by atoms with Gasteiger partial charge in [0, 0.05) is 11.0 Å². The van der Waals surface area contributed by atoms with Crippen LogP contribution in [0.3, 0.4) is 0 Å². The number of hydrogen-bond donors (Lipinski definition) is 1. The number of nitro benzene ring substituents is 1. The van der Waals surface area contributed by atoms with Crippen molar-refractivity contribution in [3.63, 3.8) is 0 Å². The van der Waals surface area contributed by atoms with Crippen LogP contribution in [-0.2, 0) is 12.6 Å². The zero-order valence-electron chi connectivity index (χ0n) is 11.8. The lowest BCUT2D eigenvalue weighted by molar-refractivity contribution is -0.387. The van der Waals surface area contributed by atoms with E-state index in [-0.39, 0.29) is 15.5 Å². The fourth-order valence-corrected chi connectivity index (χ4v) is 2.94. The van der Waals surface area contributed by atoms with E-state index in [1.54, 1.807) is 6.07 Å². The van der Waals surface area contributed by atoms with E-state index < -0.39 is 16.7 Å². The van der Waals surface area contributed by atoms with Crippen molar-refractivity contribution in [2.24, 2.45) is 5.73 Å². The molecule has 0 spiro atoms. The maximum atomic E-state index is 12.7. The molecule has 0 heterocycles. The van der Waals surface area contributed by atoms with Crippen LogP contribution in [0.4, 0.5) is 18.9 Å². The average Bonchev–Trinajstić information content (AvgIpc) is 2.48. The third kappa shape index (κ3) is 4.46. The molecule has 2 rings (SSSR count). The molecule has 2 N–H and O–H groups in total. The van der Waals surface area contributed by atoms with Gasteiger partial charge < -0.3 is 5.73 Å². The molecule has 23 heavy (non-hydrogen) atoms. The first-order valence-electron chi connectivity index (χ1n) is 6.64. The van der Waals surface area contributed by atoms with Gasteiger partial charge in [0.05, 0.1) is 15.4 Å². The molecule has 122 valence electrons. The second kappa shape index (κ2) is 7.01. The summed E-state index contributed by atoms with van der Waals surface area (Å²) in [5.41, 5.74) is 5.21. The third-order valence-corrected chi connectivity index (χ3v) is 4.10. The number of alkyl halides is 3. The SMILES string of the molecule is NCCc1ccc(Sc2cccc(C(F)(F)F)c2)c([N+](=O)[O-])c1. The number of nitrogens with two attached hydrogens (primary N) is 1. The van der Waals surface area contributed by atoms with Crippen LogP contribution in [-0.4, -0.2) is 11.5 Å². The van der Waals surface area contributed by atoms with E-state index in [4.69, 9.17) is 5.73 Å². The second-order valence-corrected chi connectivity index (χ2v) is 5.84. The van der Waals surface area contributed by atoms with Gasteiger partial charge >= 0.3 is 6.18 Å². The molecule has 0 amide bonds. The van der Waals surface area contributed by atoms with Gasteiger partial charge in [-0.3, -0.25) is 10.1 Å². The van der Waals surface area contributed by atoms with Gasteiger partial charge in [-0.15, -0.1) is 0 Å². The van der Waals surface area contributed by atoms with Crippen LogP contribution in [0.5, 0.6) is 0 Å². The van der Waals surface area contributed by atoms with Crippen molar-refractivity contribution in [3.8, 4) is 0 Å². The Balaban J connectivity index is 2.34. The first-order chi connectivity index (χ1) is 10.8. The molecule has 8 heteroatoms. The molecular formula is C15H13F3N2O2S. The van der Waals surface area contributed by atoms with Crippen LogP contribution >= 0.6 is 11.8 Å². The standard InChI is InChI=1S/C15H13F3N2O2S/c16-15(17,18)11-2-1-3-12(9-11)23-14-5-4-10(6-7-19)8-13(14)20(21)22/h1-5,8-9H,6-7,19H2. The van der Waals surface area contributed by atoms with Crippen molar-refractivity contribution in [2.75, 3.05) is 6.54 Å². The molecular weight excluding hydrogens is 329 g/mol. The van der Waals surface area contributed by atoms with Gasteiger partial charge in [-0.2, -0.15) is 13.2 Å². The van der Waals surface area contributed by atoms with Crippen molar-refractivity contribution in [1.29, 1.82) is 0 Å². The Morgan fingerprint density at radius 1 is 1.17 bits per heavy atom. The minimum absolute atomic E-state index is 0.140. The number of benzene rings is 2. The zero-order chi connectivity index (χ0) is 17.0. The van der Waals surface area contributed by atoms with E-state index in [1.165, 1.54) is 24.3 Å². The number of hydrogen-bond acceptors (Lipinski definition) is 4. The molecule has 0 fully saturated rings. The summed E-state index contributed by atoms with van der Waals surface area (Å²) in [7, 11) is 0. The molecule has 0 bridgehead atoms. The molecule has 0 aromatic heterocycles. The van der Waals surface area contributed by atoms with Crippen LogP contribution in [0.1, 0.15) is 11.1 Å². The van der Waals surface area contributed by atoms with Crippen molar-refractivity contribution in [1.82, 2.24) is 0 Å². The first kappa shape index (κ1) is 17.3. The van der Waals surface area contributed by atoms with Gasteiger partial charge in [0.2, 0.25) is 0 Å². The highest BCUT2D eigenvalue weighted by atomic mass is 32.2. The minimum Gasteiger partial charge on any atom is -0.330 e. The number of halogens is 3. The lowest BCUT2D eigenvalue weighted by atomic mass is 10.1. The third-order valence-electron chi connectivity index (χ3n) is 3.04. The summed E-state index contributed by atoms with van der Waals surface area (Å²) in [6, 6.07) is 9.33. The van der Waals surface area contributed by atoms with Gasteiger partial charge in [0.1, 0.15) is 0 Å². The summed E-state index contributed by atoms with van der Waals surface area (Å²) in [4.78, 5) is 11.2. The lowest BCUT2D eigenvalue weighted by Crippen LogP contribution is -2.04. The molecule has 0 unspecified atom stereocenters. The van der Waals surface area contributed by atoms with Crippen LogP contribution in [0.25, 0.3) is 0 Å². The largest absolute Gasteiger partial charge is 0.416 e. The first-order valence-corrected chi connectivity index (χ1v) is 7.45. The number of nitro groups is 1. The normalized spacial score (nSPS) is 11.5.